The topological polar surface area (TPSA) is 128 Å². The van der Waals surface area contributed by atoms with Crippen molar-refractivity contribution in [3.8, 4) is 0 Å². The standard InChI is InChI=1S/C20H27N3O7/c1-4-13(2)18(20(26)29-3)21-17(24)12-30-19(25)14-7-8-15(16(11-14)23(27)28)22-9-5-6-10-22/h7-8,11,13,18H,4-6,9-10,12H2,1-3H3,(H,21,24)/t13-,18+/m1/s1. The normalized spacial score (nSPS) is 15.2. The lowest BCUT2D eigenvalue weighted by Crippen LogP contribution is -2.47. The third-order valence-corrected chi connectivity index (χ3v) is 5.17. The predicted molar refractivity (Wildman–Crippen MR) is 108 cm³/mol. The number of esters is 2. The SMILES string of the molecule is CC[C@@H](C)[C@H](NC(=O)COC(=O)c1ccc(N2CCCC2)c([N+](=O)[O-])c1)C(=O)OC. The van der Waals surface area contributed by atoms with E-state index in [-0.39, 0.29) is 17.2 Å². The van der Waals surface area contributed by atoms with Gasteiger partial charge < -0.3 is 19.7 Å². The van der Waals surface area contributed by atoms with Crippen LogP contribution >= 0.6 is 0 Å². The van der Waals surface area contributed by atoms with Crippen LogP contribution in [0.4, 0.5) is 11.4 Å². The third-order valence-electron chi connectivity index (χ3n) is 5.17. The van der Waals surface area contributed by atoms with Crippen molar-refractivity contribution < 1.29 is 28.8 Å². The molecule has 1 aromatic rings. The van der Waals surface area contributed by atoms with Crippen LogP contribution in [0.2, 0.25) is 0 Å². The number of amides is 1. The fourth-order valence-electron chi connectivity index (χ4n) is 3.25. The van der Waals surface area contributed by atoms with Crippen LogP contribution in [0.25, 0.3) is 0 Å². The Morgan fingerprint density at radius 3 is 2.50 bits per heavy atom. The maximum Gasteiger partial charge on any atom is 0.338 e. The van der Waals surface area contributed by atoms with Gasteiger partial charge in [0.15, 0.2) is 6.61 Å². The lowest BCUT2D eigenvalue weighted by molar-refractivity contribution is -0.384. The van der Waals surface area contributed by atoms with Gasteiger partial charge in [-0.15, -0.1) is 0 Å². The number of methoxy groups -OCH3 is 1. The highest BCUT2D eigenvalue weighted by molar-refractivity contribution is 5.93. The van der Waals surface area contributed by atoms with Crippen LogP contribution in [0.3, 0.4) is 0 Å². The number of carbonyl (C=O) groups is 3. The van der Waals surface area contributed by atoms with Gasteiger partial charge in [0.2, 0.25) is 0 Å². The first kappa shape index (κ1) is 23.1. The van der Waals surface area contributed by atoms with Gasteiger partial charge in [0.05, 0.1) is 17.6 Å². The summed E-state index contributed by atoms with van der Waals surface area (Å²) in [6.45, 7) is 4.48. The van der Waals surface area contributed by atoms with E-state index in [0.717, 1.165) is 32.0 Å². The fraction of sp³-hybridized carbons (Fsp3) is 0.550. The highest BCUT2D eigenvalue weighted by Gasteiger charge is 2.28. The summed E-state index contributed by atoms with van der Waals surface area (Å²) in [7, 11) is 1.22. The van der Waals surface area contributed by atoms with Gasteiger partial charge in [-0.3, -0.25) is 14.9 Å². The van der Waals surface area contributed by atoms with Gasteiger partial charge in [-0.05, 0) is 30.9 Å². The lowest BCUT2D eigenvalue weighted by atomic mass is 9.99. The quantitative estimate of drug-likeness (QED) is 0.364. The Morgan fingerprint density at radius 2 is 1.93 bits per heavy atom. The minimum Gasteiger partial charge on any atom is -0.467 e. The van der Waals surface area contributed by atoms with Gasteiger partial charge >= 0.3 is 11.9 Å². The van der Waals surface area contributed by atoms with Gasteiger partial charge in [0, 0.05) is 19.2 Å². The van der Waals surface area contributed by atoms with Crippen molar-refractivity contribution in [3.63, 3.8) is 0 Å². The zero-order chi connectivity index (χ0) is 22.3. The van der Waals surface area contributed by atoms with Gasteiger partial charge in [-0.1, -0.05) is 20.3 Å². The summed E-state index contributed by atoms with van der Waals surface area (Å²) in [5.74, 6) is -2.28. The van der Waals surface area contributed by atoms with E-state index >= 15 is 0 Å². The second-order valence-corrected chi connectivity index (χ2v) is 7.18. The minimum atomic E-state index is -0.862. The number of nitrogens with zero attached hydrogens (tertiary/aromatic N) is 2. The summed E-state index contributed by atoms with van der Waals surface area (Å²) in [4.78, 5) is 49.1. The molecule has 2 rings (SSSR count). The van der Waals surface area contributed by atoms with E-state index in [9.17, 15) is 24.5 Å². The molecular formula is C20H27N3O7. The van der Waals surface area contributed by atoms with Crippen LogP contribution in [0.15, 0.2) is 18.2 Å². The molecule has 0 aliphatic carbocycles. The summed E-state index contributed by atoms with van der Waals surface area (Å²) in [6, 6.07) is 3.27. The van der Waals surface area contributed by atoms with Crippen molar-refractivity contribution in [2.24, 2.45) is 5.92 Å². The summed E-state index contributed by atoms with van der Waals surface area (Å²) in [5, 5.41) is 13.9. The van der Waals surface area contributed by atoms with Crippen LogP contribution < -0.4 is 10.2 Å². The Kier molecular flexibility index (Phi) is 8.14. The van der Waals surface area contributed by atoms with Gasteiger partial charge in [-0.2, -0.15) is 0 Å². The molecule has 1 aliphatic rings. The molecule has 0 saturated carbocycles. The monoisotopic (exact) mass is 421 g/mol. The Balaban J connectivity index is 2.03. The summed E-state index contributed by atoms with van der Waals surface area (Å²) < 4.78 is 9.67. The Morgan fingerprint density at radius 1 is 1.27 bits per heavy atom. The molecule has 0 bridgehead atoms. The van der Waals surface area contributed by atoms with Crippen molar-refractivity contribution in [1.82, 2.24) is 5.32 Å². The minimum absolute atomic E-state index is 0.0242. The molecule has 1 heterocycles. The van der Waals surface area contributed by atoms with E-state index < -0.39 is 35.4 Å². The Labute approximate surface area is 174 Å². The number of benzene rings is 1. The van der Waals surface area contributed by atoms with Crippen LogP contribution in [0, 0.1) is 16.0 Å². The number of hydrogen-bond acceptors (Lipinski definition) is 8. The smallest absolute Gasteiger partial charge is 0.338 e. The molecular weight excluding hydrogens is 394 g/mol. The van der Waals surface area contributed by atoms with Crippen molar-refractivity contribution >= 4 is 29.2 Å². The number of carbonyl (C=O) groups excluding carboxylic acids is 3. The zero-order valence-electron chi connectivity index (χ0n) is 17.4. The van der Waals surface area contributed by atoms with Crippen molar-refractivity contribution in [3.05, 3.63) is 33.9 Å². The molecule has 1 aromatic carbocycles. The molecule has 1 N–H and O–H groups in total. The van der Waals surface area contributed by atoms with E-state index in [2.05, 4.69) is 5.32 Å². The highest BCUT2D eigenvalue weighted by atomic mass is 16.6. The van der Waals surface area contributed by atoms with E-state index in [1.807, 2.05) is 11.8 Å². The first-order chi connectivity index (χ1) is 14.3. The fourth-order valence-corrected chi connectivity index (χ4v) is 3.25. The molecule has 0 spiro atoms. The summed E-state index contributed by atoms with van der Waals surface area (Å²) in [5.41, 5.74) is 0.253. The molecule has 30 heavy (non-hydrogen) atoms. The van der Waals surface area contributed by atoms with Crippen LogP contribution in [0.5, 0.6) is 0 Å². The van der Waals surface area contributed by atoms with E-state index in [0.29, 0.717) is 12.1 Å². The maximum atomic E-state index is 12.3. The second kappa shape index (κ2) is 10.6. The predicted octanol–water partition coefficient (Wildman–Crippen LogP) is 2.06. The van der Waals surface area contributed by atoms with Crippen LogP contribution in [-0.2, 0) is 19.1 Å². The number of hydrogen-bond donors (Lipinski definition) is 1. The molecule has 0 unspecified atom stereocenters. The molecule has 1 saturated heterocycles. The van der Waals surface area contributed by atoms with Crippen molar-refractivity contribution in [1.29, 1.82) is 0 Å². The van der Waals surface area contributed by atoms with Gasteiger partial charge in [-0.25, -0.2) is 9.59 Å². The molecule has 10 heteroatoms. The first-order valence-electron chi connectivity index (χ1n) is 9.86. The molecule has 1 amide bonds. The number of nitrogens with one attached hydrogen (secondary N) is 1. The number of nitro groups is 1. The van der Waals surface area contributed by atoms with Crippen LogP contribution in [-0.4, -0.2) is 55.6 Å². The van der Waals surface area contributed by atoms with E-state index in [1.54, 1.807) is 6.92 Å². The summed E-state index contributed by atoms with van der Waals surface area (Å²) >= 11 is 0. The first-order valence-corrected chi connectivity index (χ1v) is 9.86. The number of nitro benzene ring substituents is 1. The zero-order valence-corrected chi connectivity index (χ0v) is 17.4. The molecule has 164 valence electrons. The molecule has 0 aromatic heterocycles. The van der Waals surface area contributed by atoms with Gasteiger partial charge in [0.1, 0.15) is 11.7 Å². The highest BCUT2D eigenvalue weighted by Crippen LogP contribution is 2.31. The third kappa shape index (κ3) is 5.68. The average Bonchev–Trinajstić information content (AvgIpc) is 3.28. The molecule has 2 atom stereocenters. The summed E-state index contributed by atoms with van der Waals surface area (Å²) in [6.07, 6.45) is 2.55. The lowest BCUT2D eigenvalue weighted by Gasteiger charge is -2.21. The number of anilines is 1. The van der Waals surface area contributed by atoms with E-state index in [4.69, 9.17) is 9.47 Å². The number of ether oxygens (including phenoxy) is 2. The molecule has 0 radical (unpaired) electrons. The Bertz CT molecular complexity index is 806. The van der Waals surface area contributed by atoms with Crippen molar-refractivity contribution in [2.45, 2.75) is 39.2 Å². The molecule has 1 aliphatic heterocycles. The maximum absolute atomic E-state index is 12.3. The van der Waals surface area contributed by atoms with Gasteiger partial charge in [0.25, 0.3) is 11.6 Å². The van der Waals surface area contributed by atoms with E-state index in [1.165, 1.54) is 19.2 Å². The van der Waals surface area contributed by atoms with Crippen LogP contribution in [0.1, 0.15) is 43.5 Å². The van der Waals surface area contributed by atoms with Crippen molar-refractivity contribution in [2.75, 3.05) is 31.7 Å². The average molecular weight is 421 g/mol. The number of rotatable bonds is 9. The Hall–Kier alpha value is -3.17. The second-order valence-electron chi connectivity index (χ2n) is 7.18. The molecule has 10 nitrogen and oxygen atoms in total. The largest absolute Gasteiger partial charge is 0.467 e. The molecule has 1 fully saturated rings.